The number of hydrogen-bond donors (Lipinski definition) is 1. The number of aryl methyl sites for hydroxylation is 2. The van der Waals surface area contributed by atoms with Crippen LogP contribution in [0.25, 0.3) is 33.0 Å². The number of carbonyl (C=O) groups is 1. The summed E-state index contributed by atoms with van der Waals surface area (Å²) in [5.41, 5.74) is 4.28. The van der Waals surface area contributed by atoms with Gasteiger partial charge < -0.3 is 5.32 Å². The predicted molar refractivity (Wildman–Crippen MR) is 126 cm³/mol. The fourth-order valence-corrected chi connectivity index (χ4v) is 4.74. The van der Waals surface area contributed by atoms with Gasteiger partial charge in [0.25, 0.3) is 5.91 Å². The van der Waals surface area contributed by atoms with Crippen LogP contribution in [0.2, 0.25) is 0 Å². The van der Waals surface area contributed by atoms with Crippen molar-refractivity contribution in [1.82, 2.24) is 35.0 Å². The van der Waals surface area contributed by atoms with Gasteiger partial charge in [-0.05, 0) is 59.8 Å². The molecular formula is C23H20N8OS. The molecule has 0 aliphatic heterocycles. The molecule has 33 heavy (non-hydrogen) atoms. The predicted octanol–water partition coefficient (Wildman–Crippen LogP) is 4.25. The topological polar surface area (TPSA) is 103 Å². The average molecular weight is 457 g/mol. The zero-order valence-corrected chi connectivity index (χ0v) is 18.9. The molecule has 0 saturated heterocycles. The summed E-state index contributed by atoms with van der Waals surface area (Å²) in [6.07, 6.45) is 2.17. The van der Waals surface area contributed by atoms with Gasteiger partial charge in [-0.25, -0.2) is 9.67 Å². The van der Waals surface area contributed by atoms with Gasteiger partial charge in [-0.3, -0.25) is 9.48 Å². The molecule has 9 nitrogen and oxygen atoms in total. The molecule has 6 rings (SSSR count). The highest BCUT2D eigenvalue weighted by atomic mass is 32.1. The summed E-state index contributed by atoms with van der Waals surface area (Å²) < 4.78 is 3.58. The van der Waals surface area contributed by atoms with E-state index in [9.17, 15) is 4.79 Å². The average Bonchev–Trinajstić information content (AvgIpc) is 3.21. The number of nitrogens with zero attached hydrogens (tertiary/aromatic N) is 7. The van der Waals surface area contributed by atoms with Crippen LogP contribution in [0.15, 0.2) is 47.8 Å². The highest BCUT2D eigenvalue weighted by Crippen LogP contribution is 2.37. The van der Waals surface area contributed by atoms with Gasteiger partial charge in [0, 0.05) is 18.3 Å². The summed E-state index contributed by atoms with van der Waals surface area (Å²) in [7, 11) is 1.84. The van der Waals surface area contributed by atoms with Crippen LogP contribution in [0.1, 0.15) is 34.9 Å². The second kappa shape index (κ2) is 7.59. The molecule has 0 bridgehead atoms. The van der Waals surface area contributed by atoms with E-state index in [1.165, 1.54) is 0 Å². The van der Waals surface area contributed by atoms with Crippen LogP contribution < -0.4 is 5.32 Å². The molecule has 10 heteroatoms. The van der Waals surface area contributed by atoms with E-state index < -0.39 is 0 Å². The molecule has 1 aliphatic rings. The number of thiophene rings is 1. The summed E-state index contributed by atoms with van der Waals surface area (Å²) in [4.78, 5) is 19.2. The Morgan fingerprint density at radius 3 is 2.85 bits per heavy atom. The van der Waals surface area contributed by atoms with Gasteiger partial charge in [0.1, 0.15) is 0 Å². The first-order chi connectivity index (χ1) is 16.1. The molecule has 164 valence electrons. The van der Waals surface area contributed by atoms with E-state index in [2.05, 4.69) is 25.9 Å². The van der Waals surface area contributed by atoms with Crippen molar-refractivity contribution < 1.29 is 4.79 Å². The van der Waals surface area contributed by atoms with Crippen molar-refractivity contribution in [3.05, 3.63) is 59.1 Å². The van der Waals surface area contributed by atoms with Crippen LogP contribution in [-0.4, -0.2) is 40.9 Å². The van der Waals surface area contributed by atoms with E-state index in [1.54, 1.807) is 16.0 Å². The molecule has 1 aliphatic carbocycles. The molecular weight excluding hydrogens is 436 g/mol. The lowest BCUT2D eigenvalue weighted by molar-refractivity contribution is 0.102. The van der Waals surface area contributed by atoms with Crippen LogP contribution in [0.4, 0.5) is 5.69 Å². The molecule has 4 heterocycles. The Morgan fingerprint density at radius 1 is 1.18 bits per heavy atom. The lowest BCUT2D eigenvalue weighted by Gasteiger charge is -2.10. The van der Waals surface area contributed by atoms with E-state index in [1.807, 2.05) is 66.5 Å². The molecule has 1 amide bonds. The van der Waals surface area contributed by atoms with Crippen LogP contribution >= 0.6 is 11.3 Å². The van der Waals surface area contributed by atoms with Crippen molar-refractivity contribution >= 4 is 34.0 Å². The van der Waals surface area contributed by atoms with Crippen molar-refractivity contribution in [2.45, 2.75) is 25.8 Å². The number of tetrazole rings is 1. The number of benzene rings is 1. The van der Waals surface area contributed by atoms with Gasteiger partial charge in [0.05, 0.1) is 33.3 Å². The van der Waals surface area contributed by atoms with Crippen molar-refractivity contribution in [2.24, 2.45) is 7.05 Å². The fraction of sp³-hybridized carbons (Fsp3) is 0.217. The fourth-order valence-electron chi connectivity index (χ4n) is 4.06. The molecule has 0 unspecified atom stereocenters. The summed E-state index contributed by atoms with van der Waals surface area (Å²) in [6.45, 7) is 1.89. The van der Waals surface area contributed by atoms with Crippen molar-refractivity contribution in [3.8, 4) is 22.0 Å². The number of nitrogens with one attached hydrogen (secondary N) is 1. The minimum absolute atomic E-state index is 0.213. The first-order valence-corrected chi connectivity index (χ1v) is 11.5. The Hall–Kier alpha value is -3.92. The third-order valence-corrected chi connectivity index (χ3v) is 6.64. The van der Waals surface area contributed by atoms with E-state index in [0.29, 0.717) is 28.8 Å². The number of amides is 1. The van der Waals surface area contributed by atoms with Gasteiger partial charge in [-0.2, -0.15) is 5.10 Å². The third-order valence-electron chi connectivity index (χ3n) is 5.75. The standard InChI is InChI=1S/C23H20N8OS/c1-13-20-17(12-18(19-7-4-10-33-19)25-22(20)30(2)27-13)23(32)24-15-6-3-5-14(11-15)21-26-28-29-31(21)16-8-9-16/h3-7,10-12,16H,8-9H2,1-2H3,(H,24,32). The summed E-state index contributed by atoms with van der Waals surface area (Å²) in [5, 5.41) is 22.5. The van der Waals surface area contributed by atoms with Crippen LogP contribution in [0.5, 0.6) is 0 Å². The number of hydrogen-bond acceptors (Lipinski definition) is 7. The number of fused-ring (bicyclic) bond motifs is 1. The minimum atomic E-state index is -0.213. The Labute approximate surface area is 193 Å². The van der Waals surface area contributed by atoms with Crippen molar-refractivity contribution in [3.63, 3.8) is 0 Å². The normalized spacial score (nSPS) is 13.5. The first-order valence-electron chi connectivity index (χ1n) is 10.7. The Morgan fingerprint density at radius 2 is 2.06 bits per heavy atom. The monoisotopic (exact) mass is 456 g/mol. The maximum absolute atomic E-state index is 13.5. The number of anilines is 1. The quantitative estimate of drug-likeness (QED) is 0.424. The van der Waals surface area contributed by atoms with Gasteiger partial charge in [0.2, 0.25) is 0 Å². The molecule has 4 aromatic heterocycles. The van der Waals surface area contributed by atoms with Gasteiger partial charge in [-0.1, -0.05) is 18.2 Å². The van der Waals surface area contributed by atoms with E-state index in [4.69, 9.17) is 4.98 Å². The van der Waals surface area contributed by atoms with Gasteiger partial charge >= 0.3 is 0 Å². The Kier molecular flexibility index (Phi) is 4.54. The summed E-state index contributed by atoms with van der Waals surface area (Å²) in [5.74, 6) is 0.498. The molecule has 0 atom stereocenters. The summed E-state index contributed by atoms with van der Waals surface area (Å²) in [6, 6.07) is 13.8. The highest BCUT2D eigenvalue weighted by Gasteiger charge is 2.28. The SMILES string of the molecule is Cc1nn(C)c2nc(-c3cccs3)cc(C(=O)Nc3cccc(-c4nnnn4C4CC4)c3)c12. The van der Waals surface area contributed by atoms with Gasteiger partial charge in [0.15, 0.2) is 11.5 Å². The zero-order chi connectivity index (χ0) is 22.5. The highest BCUT2D eigenvalue weighted by molar-refractivity contribution is 7.13. The lowest BCUT2D eigenvalue weighted by Crippen LogP contribution is -2.13. The van der Waals surface area contributed by atoms with Crippen molar-refractivity contribution in [2.75, 3.05) is 5.32 Å². The molecule has 1 N–H and O–H groups in total. The first kappa shape index (κ1) is 19.7. The zero-order valence-electron chi connectivity index (χ0n) is 18.1. The maximum Gasteiger partial charge on any atom is 0.256 e. The van der Waals surface area contributed by atoms with Crippen LogP contribution in [0, 0.1) is 6.92 Å². The van der Waals surface area contributed by atoms with E-state index >= 15 is 0 Å². The number of carbonyl (C=O) groups excluding carboxylic acids is 1. The largest absolute Gasteiger partial charge is 0.322 e. The molecule has 5 aromatic rings. The lowest BCUT2D eigenvalue weighted by atomic mass is 10.1. The second-order valence-electron chi connectivity index (χ2n) is 8.15. The Bertz CT molecular complexity index is 1500. The van der Waals surface area contributed by atoms with Crippen LogP contribution in [-0.2, 0) is 7.05 Å². The second-order valence-corrected chi connectivity index (χ2v) is 9.10. The number of pyridine rings is 1. The number of aromatic nitrogens is 7. The maximum atomic E-state index is 13.5. The number of rotatable bonds is 5. The third kappa shape index (κ3) is 3.48. The molecule has 1 aromatic carbocycles. The van der Waals surface area contributed by atoms with Crippen molar-refractivity contribution in [1.29, 1.82) is 0 Å². The summed E-state index contributed by atoms with van der Waals surface area (Å²) >= 11 is 1.59. The molecule has 1 saturated carbocycles. The molecule has 0 radical (unpaired) electrons. The van der Waals surface area contributed by atoms with E-state index in [-0.39, 0.29) is 5.91 Å². The van der Waals surface area contributed by atoms with E-state index in [0.717, 1.165) is 40.1 Å². The van der Waals surface area contributed by atoms with Gasteiger partial charge in [-0.15, -0.1) is 16.4 Å². The minimum Gasteiger partial charge on any atom is -0.322 e. The van der Waals surface area contributed by atoms with Crippen LogP contribution in [0.3, 0.4) is 0 Å². The molecule has 1 fully saturated rings. The Balaban J connectivity index is 1.38. The molecule has 0 spiro atoms. The smallest absolute Gasteiger partial charge is 0.256 e.